The van der Waals surface area contributed by atoms with Crippen LogP contribution in [0.1, 0.15) is 33.1 Å². The molecule has 2 fully saturated rings. The van der Waals surface area contributed by atoms with Gasteiger partial charge in [-0.2, -0.15) is 0 Å². The zero-order valence-electron chi connectivity index (χ0n) is 9.70. The predicted octanol–water partition coefficient (Wildman–Crippen LogP) is 2.11. The van der Waals surface area contributed by atoms with E-state index in [1.807, 2.05) is 0 Å². The molecule has 2 heteroatoms. The first kappa shape index (κ1) is 9.86. The van der Waals surface area contributed by atoms with Crippen LogP contribution >= 0.6 is 0 Å². The van der Waals surface area contributed by atoms with Crippen molar-refractivity contribution in [3.8, 4) is 0 Å². The third kappa shape index (κ3) is 1.38. The fourth-order valence-corrected chi connectivity index (χ4v) is 3.67. The summed E-state index contributed by atoms with van der Waals surface area (Å²) in [7, 11) is 0. The zero-order chi connectivity index (χ0) is 10.5. The molecule has 2 aliphatic carbocycles. The first-order chi connectivity index (χ1) is 7.19. The number of nitrogens with one attached hydrogen (secondary N) is 1. The van der Waals surface area contributed by atoms with Gasteiger partial charge in [-0.05, 0) is 19.3 Å². The highest BCUT2D eigenvalue weighted by atomic mass is 16.5. The van der Waals surface area contributed by atoms with Crippen LogP contribution in [0.15, 0.2) is 12.2 Å². The molecule has 0 aromatic carbocycles. The monoisotopic (exact) mass is 207 g/mol. The van der Waals surface area contributed by atoms with Gasteiger partial charge in [0.1, 0.15) is 0 Å². The highest BCUT2D eigenvalue weighted by Crippen LogP contribution is 2.52. The van der Waals surface area contributed by atoms with E-state index in [2.05, 4.69) is 31.3 Å². The third-order valence-corrected chi connectivity index (χ3v) is 4.52. The van der Waals surface area contributed by atoms with Crippen molar-refractivity contribution in [3.05, 3.63) is 12.2 Å². The molecule has 0 radical (unpaired) electrons. The third-order valence-electron chi connectivity index (χ3n) is 4.52. The van der Waals surface area contributed by atoms with E-state index >= 15 is 0 Å². The van der Waals surface area contributed by atoms with E-state index in [1.54, 1.807) is 0 Å². The minimum atomic E-state index is 0.337. The molecule has 3 unspecified atom stereocenters. The van der Waals surface area contributed by atoms with Gasteiger partial charge in [0.2, 0.25) is 0 Å². The molecule has 0 aromatic heterocycles. The van der Waals surface area contributed by atoms with Gasteiger partial charge in [0.15, 0.2) is 0 Å². The summed E-state index contributed by atoms with van der Waals surface area (Å²) in [6.45, 7) is 5.67. The van der Waals surface area contributed by atoms with Gasteiger partial charge in [0.05, 0.1) is 6.10 Å². The number of hydrogen-bond acceptors (Lipinski definition) is 2. The Balaban J connectivity index is 1.65. The molecule has 84 valence electrons. The summed E-state index contributed by atoms with van der Waals surface area (Å²) in [5.41, 5.74) is 0.337. The second-order valence-electron chi connectivity index (χ2n) is 5.85. The van der Waals surface area contributed by atoms with Crippen molar-refractivity contribution in [2.24, 2.45) is 11.3 Å². The van der Waals surface area contributed by atoms with Crippen molar-refractivity contribution in [3.63, 3.8) is 0 Å². The van der Waals surface area contributed by atoms with Crippen LogP contribution in [0.25, 0.3) is 0 Å². The van der Waals surface area contributed by atoms with Gasteiger partial charge in [-0.15, -0.1) is 0 Å². The molecular formula is C13H21NO. The molecule has 0 spiro atoms. The van der Waals surface area contributed by atoms with Crippen molar-refractivity contribution in [1.29, 1.82) is 0 Å². The molecular weight excluding hydrogens is 186 g/mol. The van der Waals surface area contributed by atoms with Crippen LogP contribution in [0.4, 0.5) is 0 Å². The molecule has 1 heterocycles. The summed E-state index contributed by atoms with van der Waals surface area (Å²) in [5.74, 6) is 0.778. The standard InChI is InChI=1S/C13H21NO/c1-13(2)11(10-7-8-15-12(10)13)14-9-5-3-4-6-9/h3-4,9-12,14H,5-8H2,1-2H3. The largest absolute Gasteiger partial charge is 0.377 e. The first-order valence-electron chi connectivity index (χ1n) is 6.22. The Hall–Kier alpha value is -0.340. The lowest BCUT2D eigenvalue weighted by molar-refractivity contribution is -0.115. The highest BCUT2D eigenvalue weighted by Gasteiger charge is 2.59. The molecule has 2 nitrogen and oxygen atoms in total. The van der Waals surface area contributed by atoms with Gasteiger partial charge in [0, 0.05) is 30.0 Å². The summed E-state index contributed by atoms with van der Waals surface area (Å²) in [5, 5.41) is 3.83. The maximum Gasteiger partial charge on any atom is 0.0685 e. The van der Waals surface area contributed by atoms with Crippen LogP contribution in [0.3, 0.4) is 0 Å². The minimum Gasteiger partial charge on any atom is -0.377 e. The van der Waals surface area contributed by atoms with E-state index in [9.17, 15) is 0 Å². The molecule has 3 atom stereocenters. The second-order valence-corrected chi connectivity index (χ2v) is 5.85. The Morgan fingerprint density at radius 2 is 2.00 bits per heavy atom. The Labute approximate surface area is 92.1 Å². The molecule has 3 rings (SSSR count). The normalized spacial score (nSPS) is 42.9. The van der Waals surface area contributed by atoms with Crippen LogP contribution < -0.4 is 5.32 Å². The highest BCUT2D eigenvalue weighted by molar-refractivity contribution is 5.13. The quantitative estimate of drug-likeness (QED) is 0.700. The lowest BCUT2D eigenvalue weighted by atomic mass is 9.57. The topological polar surface area (TPSA) is 21.3 Å². The van der Waals surface area contributed by atoms with Crippen LogP contribution in [0.5, 0.6) is 0 Å². The van der Waals surface area contributed by atoms with Gasteiger partial charge in [0.25, 0.3) is 0 Å². The van der Waals surface area contributed by atoms with Crippen molar-refractivity contribution in [2.75, 3.05) is 6.61 Å². The van der Waals surface area contributed by atoms with Crippen molar-refractivity contribution >= 4 is 0 Å². The van der Waals surface area contributed by atoms with Crippen LogP contribution in [-0.2, 0) is 4.74 Å². The van der Waals surface area contributed by atoms with E-state index in [-0.39, 0.29) is 0 Å². The van der Waals surface area contributed by atoms with Gasteiger partial charge < -0.3 is 10.1 Å². The number of ether oxygens (including phenoxy) is 1. The van der Waals surface area contributed by atoms with Crippen LogP contribution in [0, 0.1) is 11.3 Å². The molecule has 0 aromatic rings. The number of rotatable bonds is 2. The fourth-order valence-electron chi connectivity index (χ4n) is 3.67. The average Bonchev–Trinajstić information content (AvgIpc) is 2.84. The Morgan fingerprint density at radius 3 is 2.73 bits per heavy atom. The summed E-state index contributed by atoms with van der Waals surface area (Å²) in [6, 6.07) is 1.37. The molecule has 1 saturated heterocycles. The fraction of sp³-hybridized carbons (Fsp3) is 0.846. The molecule has 3 aliphatic rings. The lowest BCUT2D eigenvalue weighted by Crippen LogP contribution is -2.67. The summed E-state index contributed by atoms with van der Waals surface area (Å²) in [4.78, 5) is 0. The Morgan fingerprint density at radius 1 is 1.27 bits per heavy atom. The molecule has 1 N–H and O–H groups in total. The molecule has 1 saturated carbocycles. The molecule has 1 aliphatic heterocycles. The smallest absolute Gasteiger partial charge is 0.0685 e. The van der Waals surface area contributed by atoms with Gasteiger partial charge in [-0.3, -0.25) is 0 Å². The Bertz CT molecular complexity index is 276. The Kier molecular flexibility index (Phi) is 2.18. The summed E-state index contributed by atoms with van der Waals surface area (Å²) >= 11 is 0. The number of fused-ring (bicyclic) bond motifs is 1. The predicted molar refractivity (Wildman–Crippen MR) is 60.7 cm³/mol. The van der Waals surface area contributed by atoms with E-state index in [0.717, 1.165) is 12.5 Å². The van der Waals surface area contributed by atoms with Crippen LogP contribution in [0.2, 0.25) is 0 Å². The number of hydrogen-bond donors (Lipinski definition) is 1. The lowest BCUT2D eigenvalue weighted by Gasteiger charge is -2.55. The second kappa shape index (κ2) is 3.33. The van der Waals surface area contributed by atoms with E-state index < -0.39 is 0 Å². The SMILES string of the molecule is CC1(C)C(NC2CC=CC2)C2CCOC21. The minimum absolute atomic E-state index is 0.337. The van der Waals surface area contributed by atoms with Crippen molar-refractivity contribution in [1.82, 2.24) is 5.32 Å². The summed E-state index contributed by atoms with van der Waals surface area (Å²) in [6.07, 6.45) is 8.80. The van der Waals surface area contributed by atoms with Gasteiger partial charge in [-0.1, -0.05) is 26.0 Å². The van der Waals surface area contributed by atoms with Crippen molar-refractivity contribution < 1.29 is 4.74 Å². The van der Waals surface area contributed by atoms with E-state index in [1.165, 1.54) is 19.3 Å². The van der Waals surface area contributed by atoms with Gasteiger partial charge >= 0.3 is 0 Å². The van der Waals surface area contributed by atoms with E-state index in [4.69, 9.17) is 4.74 Å². The van der Waals surface area contributed by atoms with E-state index in [0.29, 0.717) is 23.6 Å². The first-order valence-corrected chi connectivity index (χ1v) is 6.22. The maximum absolute atomic E-state index is 5.81. The average molecular weight is 207 g/mol. The van der Waals surface area contributed by atoms with Gasteiger partial charge in [-0.25, -0.2) is 0 Å². The zero-order valence-corrected chi connectivity index (χ0v) is 9.70. The molecule has 15 heavy (non-hydrogen) atoms. The van der Waals surface area contributed by atoms with Crippen LogP contribution in [-0.4, -0.2) is 24.8 Å². The van der Waals surface area contributed by atoms with Crippen molar-refractivity contribution in [2.45, 2.75) is 51.3 Å². The maximum atomic E-state index is 5.81. The summed E-state index contributed by atoms with van der Waals surface area (Å²) < 4.78 is 5.81. The molecule has 0 bridgehead atoms. The molecule has 0 amide bonds.